The second-order valence-electron chi connectivity index (χ2n) is 11.0. The first kappa shape index (κ1) is 32.7. The zero-order chi connectivity index (χ0) is 33.2. The normalized spacial score (nSPS) is 15.2. The lowest BCUT2D eigenvalue weighted by molar-refractivity contribution is -0.192. The molecule has 0 amide bonds. The van der Waals surface area contributed by atoms with Gasteiger partial charge in [-0.15, -0.1) is 0 Å². The van der Waals surface area contributed by atoms with E-state index in [1.807, 2.05) is 18.5 Å². The molecule has 0 saturated carbocycles. The lowest BCUT2D eigenvalue weighted by Gasteiger charge is -2.34. The molecule has 1 fully saturated rings. The number of hydrogen-bond acceptors (Lipinski definition) is 7. The maximum Gasteiger partial charge on any atom is 0.490 e. The highest BCUT2D eigenvalue weighted by Gasteiger charge is 2.38. The van der Waals surface area contributed by atoms with E-state index in [-0.39, 0.29) is 16.3 Å². The summed E-state index contributed by atoms with van der Waals surface area (Å²) in [6.07, 6.45) is 2.09. The molecule has 2 aromatic carbocycles. The predicted molar refractivity (Wildman–Crippen MR) is 164 cm³/mol. The molecule has 0 aliphatic carbocycles. The van der Waals surface area contributed by atoms with Gasteiger partial charge in [-0.25, -0.2) is 19.0 Å². The van der Waals surface area contributed by atoms with Crippen molar-refractivity contribution in [1.29, 1.82) is 0 Å². The Kier molecular flexibility index (Phi) is 9.49. The molecule has 0 atom stereocenters. The minimum Gasteiger partial charge on any atom is -0.478 e. The van der Waals surface area contributed by atoms with Crippen LogP contribution in [0.15, 0.2) is 64.4 Å². The number of aromatic carboxylic acids is 1. The third-order valence-corrected chi connectivity index (χ3v) is 8.17. The van der Waals surface area contributed by atoms with Gasteiger partial charge in [0.15, 0.2) is 0 Å². The predicted octanol–water partition coefficient (Wildman–Crippen LogP) is 4.56. The summed E-state index contributed by atoms with van der Waals surface area (Å²) in [4.78, 5) is 54.2. The summed E-state index contributed by atoms with van der Waals surface area (Å²) in [5, 5.41) is 20.8. The molecule has 4 aromatic rings. The van der Waals surface area contributed by atoms with Crippen LogP contribution in [0.25, 0.3) is 16.6 Å². The molecule has 2 aromatic heterocycles. The Morgan fingerprint density at radius 3 is 2.30 bits per heavy atom. The summed E-state index contributed by atoms with van der Waals surface area (Å²) in [6, 6.07) is 12.1. The van der Waals surface area contributed by atoms with Crippen molar-refractivity contribution in [2.75, 3.05) is 18.4 Å². The second kappa shape index (κ2) is 13.3. The number of carbonyl (C=O) groups is 2. The van der Waals surface area contributed by atoms with Crippen molar-refractivity contribution in [2.24, 2.45) is 0 Å². The first-order valence-corrected chi connectivity index (χ1v) is 14.7. The van der Waals surface area contributed by atoms with Gasteiger partial charge in [0.05, 0.1) is 22.2 Å². The van der Waals surface area contributed by atoms with E-state index in [1.54, 1.807) is 10.6 Å². The Labute approximate surface area is 264 Å². The van der Waals surface area contributed by atoms with E-state index < -0.39 is 29.4 Å². The van der Waals surface area contributed by atoms with Crippen LogP contribution in [0.3, 0.4) is 0 Å². The maximum absolute atomic E-state index is 13.6. The van der Waals surface area contributed by atoms with Gasteiger partial charge in [-0.05, 0) is 79.3 Å². The lowest BCUT2D eigenvalue weighted by atomic mass is 9.98. The number of nitrogens with zero attached hydrogens (tertiary/aromatic N) is 4. The van der Waals surface area contributed by atoms with Crippen LogP contribution in [0.2, 0.25) is 5.02 Å². The van der Waals surface area contributed by atoms with E-state index in [9.17, 15) is 32.7 Å². The standard InChI is InChI=1S/C29H28ClN5O4.C2HF3O2/c30-20-14-19(28(37)38)15-22(16-20)35-27(36)24-3-4-25(23-2-1-11-34(26(23)24)29(35)39)32-21-7-12-33(13-8-21)17-18-5-9-31-10-6-18;3-2(4,5)1(6)7/h3-6,9-10,14-16,21,32H,1-2,7-8,11-13,17H2,(H,37,38);(H,6,7). The van der Waals surface area contributed by atoms with Crippen LogP contribution < -0.4 is 16.6 Å². The number of rotatable bonds is 6. The number of pyridine rings is 1. The number of aliphatic carboxylic acids is 1. The van der Waals surface area contributed by atoms with Gasteiger partial charge in [0.2, 0.25) is 0 Å². The molecule has 3 N–H and O–H groups in total. The van der Waals surface area contributed by atoms with Crippen molar-refractivity contribution in [1.82, 2.24) is 19.0 Å². The van der Waals surface area contributed by atoms with Gasteiger partial charge in [-0.3, -0.25) is 19.2 Å². The van der Waals surface area contributed by atoms with E-state index in [0.29, 0.717) is 23.5 Å². The summed E-state index contributed by atoms with van der Waals surface area (Å²) in [6.45, 7) is 3.36. The van der Waals surface area contributed by atoms with E-state index in [1.165, 1.54) is 23.8 Å². The number of likely N-dealkylation sites (tertiary alicyclic amines) is 1. The van der Waals surface area contributed by atoms with Gasteiger partial charge >= 0.3 is 23.8 Å². The topological polar surface area (TPSA) is 147 Å². The molecule has 242 valence electrons. The number of nitrogens with one attached hydrogen (secondary N) is 1. The van der Waals surface area contributed by atoms with Crippen LogP contribution in [0, 0.1) is 0 Å². The summed E-state index contributed by atoms with van der Waals surface area (Å²) in [5.41, 5.74) is 2.96. The molecule has 0 spiro atoms. The largest absolute Gasteiger partial charge is 0.490 e. The number of aryl methyl sites for hydroxylation is 2. The third kappa shape index (κ3) is 7.07. The van der Waals surface area contributed by atoms with Gasteiger partial charge in [0, 0.05) is 55.3 Å². The van der Waals surface area contributed by atoms with Crippen molar-refractivity contribution >= 4 is 40.1 Å². The van der Waals surface area contributed by atoms with Crippen LogP contribution in [-0.2, 0) is 24.3 Å². The summed E-state index contributed by atoms with van der Waals surface area (Å²) in [7, 11) is 0. The van der Waals surface area contributed by atoms with Crippen molar-refractivity contribution < 1.29 is 33.0 Å². The highest BCUT2D eigenvalue weighted by atomic mass is 35.5. The molecule has 0 unspecified atom stereocenters. The number of anilines is 1. The van der Waals surface area contributed by atoms with Crippen molar-refractivity contribution in [3.63, 3.8) is 0 Å². The monoisotopic (exact) mass is 659 g/mol. The highest BCUT2D eigenvalue weighted by Crippen LogP contribution is 2.31. The zero-order valence-corrected chi connectivity index (χ0v) is 25.0. The number of halogens is 4. The lowest BCUT2D eigenvalue weighted by Crippen LogP contribution is -2.41. The number of benzene rings is 2. The Balaban J connectivity index is 0.000000537. The second-order valence-corrected chi connectivity index (χ2v) is 11.5. The Morgan fingerprint density at radius 2 is 1.67 bits per heavy atom. The van der Waals surface area contributed by atoms with Crippen molar-refractivity contribution in [2.45, 2.75) is 51.0 Å². The first-order chi connectivity index (χ1) is 21.8. The molecular weight excluding hydrogens is 631 g/mol. The molecule has 2 aliphatic rings. The van der Waals surface area contributed by atoms with Crippen molar-refractivity contribution in [3.8, 4) is 5.69 Å². The molecule has 6 rings (SSSR count). The summed E-state index contributed by atoms with van der Waals surface area (Å²) < 4.78 is 34.4. The molecule has 15 heteroatoms. The van der Waals surface area contributed by atoms with Gasteiger partial charge in [-0.2, -0.15) is 13.2 Å². The third-order valence-electron chi connectivity index (χ3n) is 7.95. The fourth-order valence-electron chi connectivity index (χ4n) is 5.81. The highest BCUT2D eigenvalue weighted by molar-refractivity contribution is 6.31. The van der Waals surface area contributed by atoms with E-state index >= 15 is 0 Å². The minimum absolute atomic E-state index is 0.0883. The molecule has 1 saturated heterocycles. The molecular formula is C31H29ClF3N5O6. The number of alkyl halides is 3. The first-order valence-electron chi connectivity index (χ1n) is 14.4. The number of carboxylic acid groups (broad SMARTS) is 2. The molecule has 2 aliphatic heterocycles. The van der Waals surface area contributed by atoms with Gasteiger partial charge in [0.1, 0.15) is 0 Å². The van der Waals surface area contributed by atoms with Crippen LogP contribution in [-0.4, -0.2) is 66.5 Å². The van der Waals surface area contributed by atoms with Crippen molar-refractivity contribution in [3.05, 3.63) is 97.4 Å². The van der Waals surface area contributed by atoms with Crippen LogP contribution in [0.1, 0.15) is 40.7 Å². The molecule has 4 heterocycles. The maximum atomic E-state index is 13.6. The van der Waals surface area contributed by atoms with Crippen LogP contribution >= 0.6 is 11.6 Å². The number of aromatic nitrogens is 3. The minimum atomic E-state index is -5.08. The quantitative estimate of drug-likeness (QED) is 0.271. The Morgan fingerprint density at radius 1 is 1.00 bits per heavy atom. The average molecular weight is 660 g/mol. The summed E-state index contributed by atoms with van der Waals surface area (Å²) in [5.74, 6) is -3.94. The fraction of sp³-hybridized carbons (Fsp3) is 0.323. The number of carboxylic acids is 2. The molecule has 0 radical (unpaired) electrons. The van der Waals surface area contributed by atoms with E-state index in [0.717, 1.165) is 61.1 Å². The van der Waals surface area contributed by atoms with Crippen LogP contribution in [0.5, 0.6) is 0 Å². The van der Waals surface area contributed by atoms with Gasteiger partial charge in [0.25, 0.3) is 5.56 Å². The van der Waals surface area contributed by atoms with E-state index in [4.69, 9.17) is 21.5 Å². The van der Waals surface area contributed by atoms with Gasteiger partial charge < -0.3 is 15.5 Å². The Hall–Kier alpha value is -4.69. The number of hydrogen-bond donors (Lipinski definition) is 3. The zero-order valence-electron chi connectivity index (χ0n) is 24.3. The summed E-state index contributed by atoms with van der Waals surface area (Å²) >= 11 is 6.14. The number of piperidine rings is 1. The molecule has 0 bridgehead atoms. The SMILES string of the molecule is O=C(O)C(F)(F)F.O=C(O)c1cc(Cl)cc(-n2c(=O)c3ccc(NC4CCN(Cc5ccncc5)CC4)c4c3n(c2=O)CCC4)c1. The average Bonchev–Trinajstić information content (AvgIpc) is 3.01. The fourth-order valence-corrected chi connectivity index (χ4v) is 6.04. The molecule has 11 nitrogen and oxygen atoms in total. The van der Waals surface area contributed by atoms with Gasteiger partial charge in [-0.1, -0.05) is 11.6 Å². The smallest absolute Gasteiger partial charge is 0.478 e. The van der Waals surface area contributed by atoms with E-state index in [2.05, 4.69) is 27.3 Å². The molecule has 46 heavy (non-hydrogen) atoms. The van der Waals surface area contributed by atoms with Crippen LogP contribution in [0.4, 0.5) is 18.9 Å². The Bertz CT molecular complexity index is 1900.